The van der Waals surface area contributed by atoms with E-state index in [0.29, 0.717) is 79.6 Å². The Kier molecular flexibility index (Phi) is 20.9. The number of fused-ring (bicyclic) bond motifs is 3. The molecule has 0 radical (unpaired) electrons. The third-order valence-electron chi connectivity index (χ3n) is 15.6. The molecule has 458 valence electrons. The Morgan fingerprint density at radius 1 is 0.563 bits per heavy atom. The highest BCUT2D eigenvalue weighted by Gasteiger charge is 2.28. The van der Waals surface area contributed by atoms with Crippen molar-refractivity contribution in [2.24, 2.45) is 5.90 Å². The van der Waals surface area contributed by atoms with Crippen LogP contribution >= 0.6 is 0 Å². The molecule has 0 aliphatic carbocycles. The summed E-state index contributed by atoms with van der Waals surface area (Å²) in [6, 6.07) is 44.7. The predicted octanol–water partition coefficient (Wildman–Crippen LogP) is 7.93. The van der Waals surface area contributed by atoms with Gasteiger partial charge in [0, 0.05) is 93.4 Å². The van der Waals surface area contributed by atoms with Crippen molar-refractivity contribution in [1.29, 1.82) is 0 Å². The molecule has 2 unspecified atom stereocenters. The molecule has 12 rings (SSSR count). The Balaban J connectivity index is 0.000000172. The van der Waals surface area contributed by atoms with Crippen LogP contribution in [0.4, 0.5) is 11.4 Å². The number of nitrogens with one attached hydrogen (secondary N) is 4. The summed E-state index contributed by atoms with van der Waals surface area (Å²) < 4.78 is 68.3. The van der Waals surface area contributed by atoms with E-state index in [4.69, 9.17) is 25.0 Å². The van der Waals surface area contributed by atoms with E-state index in [2.05, 4.69) is 45.2 Å². The number of hydroxylamine groups is 1. The highest BCUT2D eigenvalue weighted by molar-refractivity contribution is 7.89. The second kappa shape index (κ2) is 29.2. The molecule has 87 heavy (non-hydrogen) atoms. The smallest absolute Gasteiger partial charge is 0.365 e. The van der Waals surface area contributed by atoms with Crippen molar-refractivity contribution >= 4 is 81.8 Å². The Morgan fingerprint density at radius 3 is 1.54 bits per heavy atom. The maximum Gasteiger partial charge on any atom is 0.365 e. The first-order valence-electron chi connectivity index (χ1n) is 29.4. The van der Waals surface area contributed by atoms with E-state index in [1.54, 1.807) is 66.7 Å². The van der Waals surface area contributed by atoms with Crippen LogP contribution in [0.15, 0.2) is 161 Å². The molecular formula is C63H72N10O12S2. The van der Waals surface area contributed by atoms with Crippen molar-refractivity contribution in [3.05, 3.63) is 168 Å². The number of hydrogen-bond acceptors (Lipinski definition) is 17. The van der Waals surface area contributed by atoms with Crippen molar-refractivity contribution in [3.63, 3.8) is 0 Å². The van der Waals surface area contributed by atoms with E-state index < -0.39 is 26.0 Å². The van der Waals surface area contributed by atoms with Crippen LogP contribution in [-0.4, -0.2) is 120 Å². The second-order valence-corrected chi connectivity index (χ2v) is 25.0. The maximum atomic E-state index is 13.1. The van der Waals surface area contributed by atoms with Crippen LogP contribution in [0.1, 0.15) is 102 Å². The van der Waals surface area contributed by atoms with Gasteiger partial charge in [0.1, 0.15) is 11.0 Å². The third-order valence-corrected chi connectivity index (χ3v) is 18.6. The minimum absolute atomic E-state index is 0.123. The van der Waals surface area contributed by atoms with E-state index in [1.165, 1.54) is 6.42 Å². The molecule has 22 nitrogen and oxygen atoms in total. The zero-order chi connectivity index (χ0) is 60.8. The summed E-state index contributed by atoms with van der Waals surface area (Å²) in [5, 5.41) is 14.4. The molecular weight excluding hydrogens is 1150 g/mol. The molecule has 1 aromatic heterocycles. The SMILES string of the molecule is CCNC(=O)c1ccc2nnn(OC(=O)c3ccc(N4CCC(NS(=O)(=O)c5ccc6ccccc6c5)CC4)cc3)c2c1.NOC1CCCCO1.O=C(NOC1CCCCO1)c1ccc(N2CCC(NS(=O)(=O)c3ccc4ccccc4c3)CC2)cc1. The topological polar surface area (TPSA) is 277 Å². The largest absolute Gasteiger partial charge is 0.371 e. The molecule has 7 aromatic carbocycles. The lowest BCUT2D eigenvalue weighted by atomic mass is 10.0. The first kappa shape index (κ1) is 62.2. The van der Waals surface area contributed by atoms with Crippen molar-refractivity contribution in [1.82, 2.24) is 35.4 Å². The number of piperidine rings is 2. The van der Waals surface area contributed by atoms with Gasteiger partial charge in [0.2, 0.25) is 20.0 Å². The van der Waals surface area contributed by atoms with Crippen LogP contribution in [0.25, 0.3) is 32.6 Å². The first-order chi connectivity index (χ1) is 42.2. The summed E-state index contributed by atoms with van der Waals surface area (Å²) in [5.74, 6) is 3.70. The van der Waals surface area contributed by atoms with E-state index >= 15 is 0 Å². The average Bonchev–Trinajstić information content (AvgIpc) is 3.22. The Morgan fingerprint density at radius 2 is 1.06 bits per heavy atom. The van der Waals surface area contributed by atoms with Gasteiger partial charge in [-0.1, -0.05) is 65.5 Å². The Bertz CT molecular complexity index is 3860. The van der Waals surface area contributed by atoms with E-state index in [0.717, 1.165) is 89.6 Å². The van der Waals surface area contributed by atoms with Crippen LogP contribution in [0.3, 0.4) is 0 Å². The second-order valence-electron chi connectivity index (χ2n) is 21.6. The molecule has 0 bridgehead atoms. The molecule has 6 N–H and O–H groups in total. The molecule has 4 aliphatic heterocycles. The number of carbonyl (C=O) groups excluding carboxylic acids is 3. The van der Waals surface area contributed by atoms with Crippen LogP contribution in [0.5, 0.6) is 0 Å². The molecule has 8 aromatic rings. The van der Waals surface area contributed by atoms with Gasteiger partial charge in [-0.2, -0.15) is 0 Å². The Labute approximate surface area is 505 Å². The molecule has 24 heteroatoms. The predicted molar refractivity (Wildman–Crippen MR) is 329 cm³/mol. The number of ether oxygens (including phenoxy) is 2. The fourth-order valence-corrected chi connectivity index (χ4v) is 13.4. The van der Waals surface area contributed by atoms with Crippen molar-refractivity contribution in [2.75, 3.05) is 55.7 Å². The standard InChI is InChI=1S/C31H30N6O5S.C27H31N3O5S.C5H11NO2/c1-2-32-30(38)24-10-14-28-29(20-24)37(35-33-28)42-31(39)22-7-11-26(12-8-22)36-17-15-25(16-18-36)34-43(40,41)27-13-9-21-5-3-4-6-23(21)19-27;31-27(28-35-26-7-3-4-18-34-26)21-8-11-24(12-9-21)30-16-14-23(15-17-30)29-36(32,33)25-13-10-20-5-1-2-6-22(20)19-25;6-8-5-3-1-2-4-7-5/h3-14,19-20,25,34H,2,15-18H2,1H3,(H,32,38);1-2,5-6,8-13,19,23,26,29H,3-4,7,14-18H2,(H,28,31);5H,1-4,6H2. The summed E-state index contributed by atoms with van der Waals surface area (Å²) in [7, 11) is -7.24. The van der Waals surface area contributed by atoms with Crippen molar-refractivity contribution < 1.29 is 55.2 Å². The van der Waals surface area contributed by atoms with Gasteiger partial charge in [-0.15, -0.1) is 5.10 Å². The zero-order valence-corrected chi connectivity index (χ0v) is 49.9. The number of sulfonamides is 2. The van der Waals surface area contributed by atoms with Gasteiger partial charge in [0.05, 0.1) is 15.4 Å². The molecule has 2 amide bonds. The number of benzene rings is 7. The van der Waals surface area contributed by atoms with Crippen molar-refractivity contribution in [2.45, 2.75) is 106 Å². The normalized spacial score (nSPS) is 17.8. The summed E-state index contributed by atoms with van der Waals surface area (Å²) >= 11 is 0. The number of nitrogens with zero attached hydrogens (tertiary/aromatic N) is 5. The minimum Gasteiger partial charge on any atom is -0.371 e. The van der Waals surface area contributed by atoms with Crippen LogP contribution in [0.2, 0.25) is 0 Å². The maximum absolute atomic E-state index is 13.1. The van der Waals surface area contributed by atoms with Gasteiger partial charge in [0.15, 0.2) is 12.6 Å². The molecule has 0 saturated carbocycles. The highest BCUT2D eigenvalue weighted by atomic mass is 32.2. The zero-order valence-electron chi connectivity index (χ0n) is 48.3. The Hall–Kier alpha value is -7.91. The quantitative estimate of drug-likeness (QED) is 0.0454. The minimum atomic E-state index is -3.64. The van der Waals surface area contributed by atoms with E-state index in [1.807, 2.05) is 91.9 Å². The number of amides is 2. The summed E-state index contributed by atoms with van der Waals surface area (Å²) in [5.41, 5.74) is 6.52. The molecule has 2 atom stereocenters. The number of carbonyl (C=O) groups is 3. The third kappa shape index (κ3) is 16.4. The lowest BCUT2D eigenvalue weighted by Crippen LogP contribution is -2.44. The van der Waals surface area contributed by atoms with Gasteiger partial charge >= 0.3 is 5.97 Å². The fourth-order valence-electron chi connectivity index (χ4n) is 10.7. The van der Waals surface area contributed by atoms with Crippen molar-refractivity contribution in [3.8, 4) is 0 Å². The number of hydrogen-bond donors (Lipinski definition) is 5. The van der Waals surface area contributed by atoms with Crippen LogP contribution < -0.4 is 40.8 Å². The lowest BCUT2D eigenvalue weighted by molar-refractivity contribution is -0.186. The van der Waals surface area contributed by atoms with Gasteiger partial charge in [0.25, 0.3) is 11.8 Å². The molecule has 4 aliphatic rings. The summed E-state index contributed by atoms with van der Waals surface area (Å²) in [6.07, 6.45) is 8.23. The molecule has 4 saturated heterocycles. The lowest BCUT2D eigenvalue weighted by Gasteiger charge is -2.34. The fraction of sp³-hybridized carbons (Fsp3) is 0.349. The number of aromatic nitrogens is 3. The van der Waals surface area contributed by atoms with Crippen LogP contribution in [0, 0.1) is 0 Å². The average molecular weight is 1230 g/mol. The number of nitrogens with two attached hydrogens (primary N) is 1. The number of anilines is 2. The van der Waals surface area contributed by atoms with E-state index in [9.17, 15) is 31.2 Å². The van der Waals surface area contributed by atoms with E-state index in [-0.39, 0.29) is 46.3 Å². The van der Waals surface area contributed by atoms with Gasteiger partial charge in [-0.3, -0.25) is 14.4 Å². The van der Waals surface area contributed by atoms with Crippen LogP contribution in [-0.2, 0) is 39.2 Å². The van der Waals surface area contributed by atoms with Gasteiger partial charge in [-0.05, 0) is 176 Å². The monoisotopic (exact) mass is 1220 g/mol. The summed E-state index contributed by atoms with van der Waals surface area (Å²) in [4.78, 5) is 58.6. The highest BCUT2D eigenvalue weighted by Crippen LogP contribution is 2.27. The summed E-state index contributed by atoms with van der Waals surface area (Å²) in [6.45, 7) is 6.52. The number of rotatable bonds is 16. The van der Waals surface area contributed by atoms with Gasteiger partial charge < -0.3 is 29.4 Å². The molecule has 5 heterocycles. The first-order valence-corrected chi connectivity index (χ1v) is 32.3. The van der Waals surface area contributed by atoms with Gasteiger partial charge in [-0.25, -0.2) is 47.3 Å². The molecule has 4 fully saturated rings. The molecule has 0 spiro atoms.